The Labute approximate surface area is 142 Å². The van der Waals surface area contributed by atoms with Crippen LogP contribution in [0.25, 0.3) is 0 Å². The monoisotopic (exact) mass is 325 g/mol. The van der Waals surface area contributed by atoms with Crippen LogP contribution in [0.3, 0.4) is 0 Å². The van der Waals surface area contributed by atoms with Crippen LogP contribution in [0, 0.1) is 5.92 Å². The lowest BCUT2D eigenvalue weighted by Gasteiger charge is -2.34. The number of esters is 1. The predicted molar refractivity (Wildman–Crippen MR) is 96.2 cm³/mol. The molecule has 1 heterocycles. The van der Waals surface area contributed by atoms with Gasteiger partial charge in [-0.25, -0.2) is 0 Å². The third-order valence-electron chi connectivity index (χ3n) is 4.13. The minimum atomic E-state index is -0.0687. The molecule has 0 amide bonds. The van der Waals surface area contributed by atoms with Gasteiger partial charge in [-0.2, -0.15) is 0 Å². The Morgan fingerprint density at radius 3 is 2.30 bits per heavy atom. The Kier molecular flexibility index (Phi) is 10.1. The molecule has 0 aromatic carbocycles. The molecule has 1 saturated heterocycles. The summed E-state index contributed by atoms with van der Waals surface area (Å²) in [5.74, 6) is 0.623. The second kappa shape index (κ2) is 11.6. The van der Waals surface area contributed by atoms with Crippen LogP contribution in [0.15, 0.2) is 4.99 Å². The molecular weight excluding hydrogens is 290 g/mol. The van der Waals surface area contributed by atoms with Crippen molar-refractivity contribution < 1.29 is 9.53 Å². The molecule has 1 aliphatic heterocycles. The van der Waals surface area contributed by atoms with Crippen LogP contribution in [0.5, 0.6) is 0 Å². The number of hydrogen-bond acceptors (Lipinski definition) is 5. The Hall–Kier alpha value is -0.940. The fourth-order valence-electron chi connectivity index (χ4n) is 2.95. The Morgan fingerprint density at radius 1 is 1.13 bits per heavy atom. The standard InChI is InChI=1S/C18H35N3O2/c1-5-23-18(22)7-6-9-20-11-13-21(14-12-20)10-8-19-17(4)15-16(2)3/h16H,5-15H2,1-4H3. The Morgan fingerprint density at radius 2 is 1.74 bits per heavy atom. The average molecular weight is 325 g/mol. The van der Waals surface area contributed by atoms with Gasteiger partial charge in [-0.3, -0.25) is 14.7 Å². The van der Waals surface area contributed by atoms with Crippen molar-refractivity contribution in [2.75, 3.05) is 52.4 Å². The topological polar surface area (TPSA) is 45.1 Å². The molecule has 134 valence electrons. The first-order valence-corrected chi connectivity index (χ1v) is 9.11. The van der Waals surface area contributed by atoms with Gasteiger partial charge in [0, 0.05) is 44.9 Å². The zero-order valence-electron chi connectivity index (χ0n) is 15.5. The maximum Gasteiger partial charge on any atom is 0.305 e. The van der Waals surface area contributed by atoms with E-state index >= 15 is 0 Å². The fourth-order valence-corrected chi connectivity index (χ4v) is 2.95. The lowest BCUT2D eigenvalue weighted by Crippen LogP contribution is -2.47. The fraction of sp³-hybridized carbons (Fsp3) is 0.889. The minimum absolute atomic E-state index is 0.0687. The second-order valence-electron chi connectivity index (χ2n) is 6.81. The summed E-state index contributed by atoms with van der Waals surface area (Å²) in [6.07, 6.45) is 2.55. The van der Waals surface area contributed by atoms with Crippen LogP contribution in [-0.2, 0) is 9.53 Å². The first-order valence-electron chi connectivity index (χ1n) is 9.11. The highest BCUT2D eigenvalue weighted by molar-refractivity contribution is 5.82. The number of rotatable bonds is 10. The third-order valence-corrected chi connectivity index (χ3v) is 4.13. The third kappa shape index (κ3) is 9.72. The maximum absolute atomic E-state index is 11.3. The van der Waals surface area contributed by atoms with Crippen LogP contribution < -0.4 is 0 Å². The molecule has 0 N–H and O–H groups in total. The van der Waals surface area contributed by atoms with Crippen molar-refractivity contribution in [3.05, 3.63) is 0 Å². The van der Waals surface area contributed by atoms with Crippen LogP contribution >= 0.6 is 0 Å². The molecule has 0 unspecified atom stereocenters. The predicted octanol–water partition coefficient (Wildman–Crippen LogP) is 2.45. The molecule has 1 aliphatic rings. The van der Waals surface area contributed by atoms with E-state index in [1.165, 1.54) is 5.71 Å². The molecule has 5 heteroatoms. The molecule has 0 spiro atoms. The number of nitrogens with zero attached hydrogens (tertiary/aromatic N) is 3. The second-order valence-corrected chi connectivity index (χ2v) is 6.81. The number of aliphatic imine (C=N–C) groups is 1. The molecule has 0 aromatic heterocycles. The van der Waals surface area contributed by atoms with Crippen molar-refractivity contribution in [1.29, 1.82) is 0 Å². The summed E-state index contributed by atoms with van der Waals surface area (Å²) in [6, 6.07) is 0. The highest BCUT2D eigenvalue weighted by Crippen LogP contribution is 2.05. The van der Waals surface area contributed by atoms with Gasteiger partial charge in [0.05, 0.1) is 13.2 Å². The number of carbonyl (C=O) groups excluding carboxylic acids is 1. The maximum atomic E-state index is 11.3. The quantitative estimate of drug-likeness (QED) is 0.457. The minimum Gasteiger partial charge on any atom is -0.466 e. The van der Waals surface area contributed by atoms with E-state index in [1.54, 1.807) is 0 Å². The molecular formula is C18H35N3O2. The summed E-state index contributed by atoms with van der Waals surface area (Å²) in [4.78, 5) is 20.9. The first-order chi connectivity index (χ1) is 11.0. The normalized spacial score (nSPS) is 17.7. The van der Waals surface area contributed by atoms with Gasteiger partial charge in [0.1, 0.15) is 0 Å². The van der Waals surface area contributed by atoms with E-state index in [-0.39, 0.29) is 5.97 Å². The van der Waals surface area contributed by atoms with Crippen molar-refractivity contribution in [2.24, 2.45) is 10.9 Å². The van der Waals surface area contributed by atoms with E-state index in [4.69, 9.17) is 4.74 Å². The van der Waals surface area contributed by atoms with Crippen molar-refractivity contribution in [2.45, 2.75) is 47.0 Å². The smallest absolute Gasteiger partial charge is 0.305 e. The lowest BCUT2D eigenvalue weighted by molar-refractivity contribution is -0.143. The molecule has 0 aliphatic carbocycles. The molecule has 0 saturated carbocycles. The van der Waals surface area contributed by atoms with Gasteiger partial charge in [0.15, 0.2) is 0 Å². The largest absolute Gasteiger partial charge is 0.466 e. The summed E-state index contributed by atoms with van der Waals surface area (Å²) in [5, 5.41) is 0. The molecule has 0 atom stereocenters. The first kappa shape index (κ1) is 20.1. The average Bonchev–Trinajstić information content (AvgIpc) is 2.48. The van der Waals surface area contributed by atoms with Crippen LogP contribution in [0.2, 0.25) is 0 Å². The molecule has 0 radical (unpaired) electrons. The molecule has 23 heavy (non-hydrogen) atoms. The summed E-state index contributed by atoms with van der Waals surface area (Å²) >= 11 is 0. The Bertz CT molecular complexity index is 361. The zero-order valence-corrected chi connectivity index (χ0v) is 15.5. The summed E-state index contributed by atoms with van der Waals surface area (Å²) in [7, 11) is 0. The number of ether oxygens (including phenoxy) is 1. The number of piperazine rings is 1. The van der Waals surface area contributed by atoms with Gasteiger partial charge in [0.25, 0.3) is 0 Å². The van der Waals surface area contributed by atoms with E-state index in [1.807, 2.05) is 6.92 Å². The van der Waals surface area contributed by atoms with Crippen molar-refractivity contribution >= 4 is 11.7 Å². The van der Waals surface area contributed by atoms with Gasteiger partial charge in [-0.1, -0.05) is 13.8 Å². The van der Waals surface area contributed by atoms with Gasteiger partial charge in [-0.05, 0) is 39.2 Å². The molecule has 1 rings (SSSR count). The summed E-state index contributed by atoms with van der Waals surface area (Å²) in [5.41, 5.74) is 1.28. The number of hydrogen-bond donors (Lipinski definition) is 0. The Balaban J connectivity index is 2.10. The summed E-state index contributed by atoms with van der Waals surface area (Å²) < 4.78 is 4.96. The van der Waals surface area contributed by atoms with E-state index in [0.717, 1.165) is 58.7 Å². The van der Waals surface area contributed by atoms with Crippen molar-refractivity contribution in [3.8, 4) is 0 Å². The van der Waals surface area contributed by atoms with Crippen LogP contribution in [-0.4, -0.2) is 73.9 Å². The van der Waals surface area contributed by atoms with Crippen molar-refractivity contribution in [3.63, 3.8) is 0 Å². The molecule has 5 nitrogen and oxygen atoms in total. The van der Waals surface area contributed by atoms with Gasteiger partial charge < -0.3 is 9.64 Å². The molecule has 0 bridgehead atoms. The van der Waals surface area contributed by atoms with E-state index < -0.39 is 0 Å². The van der Waals surface area contributed by atoms with Gasteiger partial charge in [0.2, 0.25) is 0 Å². The molecule has 0 aromatic rings. The van der Waals surface area contributed by atoms with E-state index in [0.29, 0.717) is 18.9 Å². The molecule has 1 fully saturated rings. The van der Waals surface area contributed by atoms with E-state index in [9.17, 15) is 4.79 Å². The van der Waals surface area contributed by atoms with Crippen LogP contribution in [0.1, 0.15) is 47.0 Å². The van der Waals surface area contributed by atoms with Gasteiger partial charge >= 0.3 is 5.97 Å². The number of carbonyl (C=O) groups is 1. The van der Waals surface area contributed by atoms with E-state index in [2.05, 4.69) is 35.6 Å². The zero-order chi connectivity index (χ0) is 17.1. The highest BCUT2D eigenvalue weighted by atomic mass is 16.5. The SMILES string of the molecule is CCOC(=O)CCCN1CCN(CCN=C(C)CC(C)C)CC1. The highest BCUT2D eigenvalue weighted by Gasteiger charge is 2.16. The lowest BCUT2D eigenvalue weighted by atomic mass is 10.1. The van der Waals surface area contributed by atoms with Gasteiger partial charge in [-0.15, -0.1) is 0 Å². The van der Waals surface area contributed by atoms with Crippen molar-refractivity contribution in [1.82, 2.24) is 9.80 Å². The summed E-state index contributed by atoms with van der Waals surface area (Å²) in [6.45, 7) is 16.3. The van der Waals surface area contributed by atoms with Crippen LogP contribution in [0.4, 0.5) is 0 Å².